The van der Waals surface area contributed by atoms with Crippen molar-refractivity contribution < 1.29 is 17.9 Å². The van der Waals surface area contributed by atoms with Gasteiger partial charge in [0.1, 0.15) is 12.4 Å². The lowest BCUT2D eigenvalue weighted by Crippen LogP contribution is -2.33. The summed E-state index contributed by atoms with van der Waals surface area (Å²) in [6.45, 7) is 3.79. The average molecular weight is 410 g/mol. The second kappa shape index (κ2) is 7.08. The second-order valence-electron chi connectivity index (χ2n) is 7.84. The van der Waals surface area contributed by atoms with Crippen LogP contribution in [0.15, 0.2) is 60.7 Å². The second-order valence-corrected chi connectivity index (χ2v) is 9.56. The molecule has 0 saturated heterocycles. The lowest BCUT2D eigenvalue weighted by Gasteiger charge is -2.18. The van der Waals surface area contributed by atoms with Gasteiger partial charge in [0.25, 0.3) is 0 Å². The maximum Gasteiger partial charge on any atom is 0.236 e. The molecule has 1 aliphatic heterocycles. The average Bonchev–Trinajstić information content (AvgIpc) is 2.78. The van der Waals surface area contributed by atoms with E-state index in [1.807, 2.05) is 42.5 Å². The van der Waals surface area contributed by atoms with E-state index >= 15 is 0 Å². The van der Waals surface area contributed by atoms with E-state index in [-0.39, 0.29) is 18.3 Å². The lowest BCUT2D eigenvalue weighted by atomic mass is 9.94. The number of ether oxygens (including phenoxy) is 1. The van der Waals surface area contributed by atoms with Crippen LogP contribution in [0.25, 0.3) is 10.8 Å². The zero-order valence-electron chi connectivity index (χ0n) is 16.2. The summed E-state index contributed by atoms with van der Waals surface area (Å²) in [7, 11) is -3.64. The standard InChI is InChI=1S/C22H22N2O4S/c1-22(2)14-28-20-12-17(10-11-19(20)23-21(22)25)24-29(26,27)13-16-8-5-7-15-6-3-4-9-18(15)16/h3-12,24H,13-14H2,1-2H3,(H,23,25). The van der Waals surface area contributed by atoms with Gasteiger partial charge in [-0.3, -0.25) is 9.52 Å². The quantitative estimate of drug-likeness (QED) is 0.677. The minimum atomic E-state index is -3.64. The Morgan fingerprint density at radius 2 is 1.83 bits per heavy atom. The van der Waals surface area contributed by atoms with Crippen molar-refractivity contribution in [2.75, 3.05) is 16.6 Å². The van der Waals surface area contributed by atoms with Crippen LogP contribution in [0.2, 0.25) is 0 Å². The number of sulfonamides is 1. The summed E-state index contributed by atoms with van der Waals surface area (Å²) in [5.74, 6) is 0.158. The molecule has 2 N–H and O–H groups in total. The first-order valence-corrected chi connectivity index (χ1v) is 10.9. The minimum absolute atomic E-state index is 0.138. The normalized spacial score (nSPS) is 15.7. The summed E-state index contributed by atoms with van der Waals surface area (Å²) in [4.78, 5) is 12.2. The molecule has 3 aromatic carbocycles. The molecule has 6 nitrogen and oxygen atoms in total. The molecule has 0 unspecified atom stereocenters. The molecule has 0 aromatic heterocycles. The topological polar surface area (TPSA) is 84.5 Å². The van der Waals surface area contributed by atoms with Gasteiger partial charge in [0, 0.05) is 6.07 Å². The third-order valence-electron chi connectivity index (χ3n) is 4.93. The van der Waals surface area contributed by atoms with Gasteiger partial charge in [-0.15, -0.1) is 0 Å². The van der Waals surface area contributed by atoms with Gasteiger partial charge < -0.3 is 10.1 Å². The summed E-state index contributed by atoms with van der Waals surface area (Å²) in [6, 6.07) is 18.2. The van der Waals surface area contributed by atoms with E-state index in [4.69, 9.17) is 4.74 Å². The molecule has 0 aliphatic carbocycles. The highest BCUT2D eigenvalue weighted by Gasteiger charge is 2.32. The number of carbonyl (C=O) groups is 1. The van der Waals surface area contributed by atoms with Crippen LogP contribution in [0.3, 0.4) is 0 Å². The Labute approximate surface area is 169 Å². The summed E-state index contributed by atoms with van der Waals surface area (Å²) in [5, 5.41) is 4.73. The number of anilines is 2. The molecule has 0 fully saturated rings. The van der Waals surface area contributed by atoms with E-state index in [1.165, 1.54) is 0 Å². The number of benzene rings is 3. The molecule has 150 valence electrons. The van der Waals surface area contributed by atoms with Gasteiger partial charge in [-0.1, -0.05) is 42.5 Å². The number of fused-ring (bicyclic) bond motifs is 2. The molecule has 0 spiro atoms. The third kappa shape index (κ3) is 4.05. The van der Waals surface area contributed by atoms with E-state index in [1.54, 1.807) is 32.0 Å². The Kier molecular flexibility index (Phi) is 4.70. The first-order valence-electron chi connectivity index (χ1n) is 9.29. The van der Waals surface area contributed by atoms with Crippen LogP contribution in [0.1, 0.15) is 19.4 Å². The maximum absolute atomic E-state index is 12.8. The number of hydrogen-bond acceptors (Lipinski definition) is 4. The zero-order chi connectivity index (χ0) is 20.6. The van der Waals surface area contributed by atoms with Crippen molar-refractivity contribution in [1.29, 1.82) is 0 Å². The minimum Gasteiger partial charge on any atom is -0.490 e. The Morgan fingerprint density at radius 1 is 1.07 bits per heavy atom. The van der Waals surface area contributed by atoms with E-state index < -0.39 is 15.4 Å². The Morgan fingerprint density at radius 3 is 2.66 bits per heavy atom. The van der Waals surface area contributed by atoms with Crippen molar-refractivity contribution in [2.45, 2.75) is 19.6 Å². The first-order chi connectivity index (χ1) is 13.7. The SMILES string of the molecule is CC1(C)COc2cc(NS(=O)(=O)Cc3cccc4ccccc34)ccc2NC1=O. The van der Waals surface area contributed by atoms with Crippen molar-refractivity contribution in [1.82, 2.24) is 0 Å². The molecule has 1 heterocycles. The van der Waals surface area contributed by atoms with Crippen molar-refractivity contribution in [3.8, 4) is 5.75 Å². The fourth-order valence-electron chi connectivity index (χ4n) is 3.26. The molecule has 0 radical (unpaired) electrons. The lowest BCUT2D eigenvalue weighted by molar-refractivity contribution is -0.124. The maximum atomic E-state index is 12.8. The van der Waals surface area contributed by atoms with Crippen LogP contribution in [-0.2, 0) is 20.6 Å². The molecular formula is C22H22N2O4S. The van der Waals surface area contributed by atoms with E-state index in [2.05, 4.69) is 10.0 Å². The number of carbonyl (C=O) groups excluding carboxylic acids is 1. The molecule has 7 heteroatoms. The predicted molar refractivity (Wildman–Crippen MR) is 115 cm³/mol. The van der Waals surface area contributed by atoms with Gasteiger partial charge in [-0.05, 0) is 42.3 Å². The molecule has 3 aromatic rings. The van der Waals surface area contributed by atoms with Crippen LogP contribution >= 0.6 is 0 Å². The first kappa shape index (κ1) is 19.3. The molecule has 29 heavy (non-hydrogen) atoms. The number of hydrogen-bond donors (Lipinski definition) is 2. The Hall–Kier alpha value is -3.06. The van der Waals surface area contributed by atoms with Crippen LogP contribution in [0.4, 0.5) is 11.4 Å². The van der Waals surface area contributed by atoms with Gasteiger partial charge in [-0.25, -0.2) is 8.42 Å². The van der Waals surface area contributed by atoms with Gasteiger partial charge in [0.2, 0.25) is 15.9 Å². The third-order valence-corrected chi connectivity index (χ3v) is 6.17. The van der Waals surface area contributed by atoms with E-state index in [0.29, 0.717) is 17.1 Å². The van der Waals surface area contributed by atoms with Crippen LogP contribution in [0, 0.1) is 5.41 Å². The smallest absolute Gasteiger partial charge is 0.236 e. The summed E-state index contributed by atoms with van der Waals surface area (Å²) in [6.07, 6.45) is 0. The summed E-state index contributed by atoms with van der Waals surface area (Å²) in [5.41, 5.74) is 0.971. The van der Waals surface area contributed by atoms with Crippen molar-refractivity contribution in [3.05, 3.63) is 66.2 Å². The van der Waals surface area contributed by atoms with Crippen molar-refractivity contribution in [2.24, 2.45) is 5.41 Å². The predicted octanol–water partition coefficient (Wildman–Crippen LogP) is 4.14. The largest absolute Gasteiger partial charge is 0.490 e. The zero-order valence-corrected chi connectivity index (χ0v) is 17.0. The summed E-state index contributed by atoms with van der Waals surface area (Å²) >= 11 is 0. The molecule has 4 rings (SSSR count). The number of nitrogens with one attached hydrogen (secondary N) is 2. The highest BCUT2D eigenvalue weighted by atomic mass is 32.2. The van der Waals surface area contributed by atoms with Crippen LogP contribution in [0.5, 0.6) is 5.75 Å². The Bertz CT molecular complexity index is 1200. The van der Waals surface area contributed by atoms with E-state index in [9.17, 15) is 13.2 Å². The molecule has 0 saturated carbocycles. The highest BCUT2D eigenvalue weighted by Crippen LogP contribution is 2.34. The van der Waals surface area contributed by atoms with Crippen LogP contribution < -0.4 is 14.8 Å². The molecule has 1 amide bonds. The molecule has 0 atom stereocenters. The fraction of sp³-hybridized carbons (Fsp3) is 0.227. The summed E-state index contributed by atoms with van der Waals surface area (Å²) < 4.78 is 33.9. The Balaban J connectivity index is 1.58. The molecule has 0 bridgehead atoms. The van der Waals surface area contributed by atoms with Gasteiger partial charge >= 0.3 is 0 Å². The fourth-order valence-corrected chi connectivity index (χ4v) is 4.48. The van der Waals surface area contributed by atoms with Crippen molar-refractivity contribution >= 4 is 38.1 Å². The highest BCUT2D eigenvalue weighted by molar-refractivity contribution is 7.91. The van der Waals surface area contributed by atoms with Gasteiger partial charge in [0.05, 0.1) is 22.5 Å². The van der Waals surface area contributed by atoms with Gasteiger partial charge in [0.15, 0.2) is 0 Å². The van der Waals surface area contributed by atoms with E-state index in [0.717, 1.165) is 16.3 Å². The number of rotatable bonds is 4. The molecule has 1 aliphatic rings. The molecular weight excluding hydrogens is 388 g/mol. The monoisotopic (exact) mass is 410 g/mol. The van der Waals surface area contributed by atoms with Crippen molar-refractivity contribution in [3.63, 3.8) is 0 Å². The number of amides is 1. The van der Waals surface area contributed by atoms with Crippen LogP contribution in [-0.4, -0.2) is 20.9 Å². The van der Waals surface area contributed by atoms with Gasteiger partial charge in [-0.2, -0.15) is 0 Å².